The second kappa shape index (κ2) is 8.49. The second-order valence-corrected chi connectivity index (χ2v) is 6.97. The second-order valence-electron chi connectivity index (χ2n) is 6.97. The summed E-state index contributed by atoms with van der Waals surface area (Å²) in [7, 11) is 0. The molecule has 2 heterocycles. The van der Waals surface area contributed by atoms with E-state index in [-0.39, 0.29) is 6.03 Å². The van der Waals surface area contributed by atoms with Crippen LogP contribution in [-0.4, -0.2) is 60.6 Å². The summed E-state index contributed by atoms with van der Waals surface area (Å²) < 4.78 is 0. The van der Waals surface area contributed by atoms with Crippen LogP contribution in [0.1, 0.15) is 31.7 Å². The first-order valence-corrected chi connectivity index (χ1v) is 9.29. The standard InChI is InChI=1S/C19H30N4O/c1-2-20-19(24)23-12-9-17(10-13-23)21-18-8-11-22(15-18)14-16-6-4-3-5-7-16/h3-7,17-18,21H,2,8-15H2,1H3,(H,20,24)/t18-/m1/s1. The van der Waals surface area contributed by atoms with E-state index in [1.807, 2.05) is 11.8 Å². The summed E-state index contributed by atoms with van der Waals surface area (Å²) >= 11 is 0. The van der Waals surface area contributed by atoms with Gasteiger partial charge in [0.25, 0.3) is 0 Å². The van der Waals surface area contributed by atoms with Gasteiger partial charge in [0.05, 0.1) is 0 Å². The number of rotatable bonds is 5. The third-order valence-electron chi connectivity index (χ3n) is 5.10. The highest BCUT2D eigenvalue weighted by Crippen LogP contribution is 2.17. The quantitative estimate of drug-likeness (QED) is 0.869. The Morgan fingerprint density at radius 2 is 1.79 bits per heavy atom. The predicted molar refractivity (Wildman–Crippen MR) is 96.9 cm³/mol. The minimum Gasteiger partial charge on any atom is -0.338 e. The maximum Gasteiger partial charge on any atom is 0.317 e. The van der Waals surface area contributed by atoms with Crippen LogP contribution in [0.3, 0.4) is 0 Å². The third-order valence-corrected chi connectivity index (χ3v) is 5.10. The van der Waals surface area contributed by atoms with Gasteiger partial charge in [0.15, 0.2) is 0 Å². The van der Waals surface area contributed by atoms with E-state index in [1.165, 1.54) is 18.5 Å². The molecule has 0 aromatic heterocycles. The Morgan fingerprint density at radius 3 is 2.50 bits per heavy atom. The zero-order valence-electron chi connectivity index (χ0n) is 14.7. The summed E-state index contributed by atoms with van der Waals surface area (Å²) in [6.45, 7) is 7.75. The molecule has 0 bridgehead atoms. The molecule has 1 aromatic carbocycles. The van der Waals surface area contributed by atoms with E-state index >= 15 is 0 Å². The van der Waals surface area contributed by atoms with Crippen molar-refractivity contribution >= 4 is 6.03 Å². The van der Waals surface area contributed by atoms with E-state index in [2.05, 4.69) is 45.9 Å². The van der Waals surface area contributed by atoms with Gasteiger partial charge in [0.1, 0.15) is 0 Å². The van der Waals surface area contributed by atoms with Gasteiger partial charge in [-0.2, -0.15) is 0 Å². The van der Waals surface area contributed by atoms with Crippen molar-refractivity contribution in [2.24, 2.45) is 0 Å². The molecule has 2 N–H and O–H groups in total. The fraction of sp³-hybridized carbons (Fsp3) is 0.632. The minimum atomic E-state index is 0.0888. The van der Waals surface area contributed by atoms with Crippen LogP contribution in [0.5, 0.6) is 0 Å². The number of benzene rings is 1. The van der Waals surface area contributed by atoms with Crippen LogP contribution < -0.4 is 10.6 Å². The van der Waals surface area contributed by atoms with Crippen LogP contribution in [-0.2, 0) is 6.54 Å². The van der Waals surface area contributed by atoms with E-state index in [0.29, 0.717) is 18.6 Å². The van der Waals surface area contributed by atoms with Gasteiger partial charge < -0.3 is 15.5 Å². The van der Waals surface area contributed by atoms with Crippen molar-refractivity contribution in [1.29, 1.82) is 0 Å². The van der Waals surface area contributed by atoms with E-state index in [4.69, 9.17) is 0 Å². The molecular weight excluding hydrogens is 300 g/mol. The largest absolute Gasteiger partial charge is 0.338 e. The van der Waals surface area contributed by atoms with Crippen molar-refractivity contribution in [3.05, 3.63) is 35.9 Å². The van der Waals surface area contributed by atoms with Gasteiger partial charge >= 0.3 is 6.03 Å². The lowest BCUT2D eigenvalue weighted by atomic mass is 10.0. The Morgan fingerprint density at radius 1 is 1.08 bits per heavy atom. The Hall–Kier alpha value is -1.59. The number of nitrogens with one attached hydrogen (secondary N) is 2. The van der Waals surface area contributed by atoms with Gasteiger partial charge in [0, 0.05) is 51.4 Å². The van der Waals surface area contributed by atoms with Crippen LogP contribution in [0.15, 0.2) is 30.3 Å². The molecule has 0 unspecified atom stereocenters. The first kappa shape index (κ1) is 17.2. The molecule has 3 rings (SSSR count). The fourth-order valence-corrected chi connectivity index (χ4v) is 3.80. The van der Waals surface area contributed by atoms with Gasteiger partial charge in [-0.3, -0.25) is 4.90 Å². The molecule has 5 nitrogen and oxygen atoms in total. The van der Waals surface area contributed by atoms with E-state index < -0.39 is 0 Å². The summed E-state index contributed by atoms with van der Waals surface area (Å²) in [5.41, 5.74) is 1.40. The molecule has 2 aliphatic rings. The first-order chi connectivity index (χ1) is 11.7. The molecule has 2 fully saturated rings. The lowest BCUT2D eigenvalue weighted by molar-refractivity contribution is 0.174. The normalized spacial score (nSPS) is 22.7. The first-order valence-electron chi connectivity index (χ1n) is 9.29. The number of hydrogen-bond donors (Lipinski definition) is 2. The van der Waals surface area contributed by atoms with Gasteiger partial charge in [-0.05, 0) is 31.7 Å². The van der Waals surface area contributed by atoms with Crippen molar-refractivity contribution in [3.63, 3.8) is 0 Å². The smallest absolute Gasteiger partial charge is 0.317 e. The van der Waals surface area contributed by atoms with Crippen LogP contribution in [0.4, 0.5) is 4.79 Å². The topological polar surface area (TPSA) is 47.6 Å². The van der Waals surface area contributed by atoms with E-state index in [0.717, 1.165) is 39.0 Å². The highest BCUT2D eigenvalue weighted by Gasteiger charge is 2.27. The summed E-state index contributed by atoms with van der Waals surface area (Å²) in [5.74, 6) is 0. The zero-order chi connectivity index (χ0) is 16.8. The van der Waals surface area contributed by atoms with Crippen molar-refractivity contribution in [3.8, 4) is 0 Å². The molecule has 0 aliphatic carbocycles. The summed E-state index contributed by atoms with van der Waals surface area (Å²) in [5, 5.41) is 6.72. The minimum absolute atomic E-state index is 0.0888. The number of urea groups is 1. The van der Waals surface area contributed by atoms with E-state index in [1.54, 1.807) is 0 Å². The highest BCUT2D eigenvalue weighted by molar-refractivity contribution is 5.74. The maximum atomic E-state index is 11.9. The van der Waals surface area contributed by atoms with E-state index in [9.17, 15) is 4.79 Å². The Kier molecular flexibility index (Phi) is 6.10. The number of carbonyl (C=O) groups is 1. The lowest BCUT2D eigenvalue weighted by Crippen LogP contribution is -2.50. The SMILES string of the molecule is CCNC(=O)N1CCC(N[C@@H]2CCN(Cc3ccccc3)C2)CC1. The number of carbonyl (C=O) groups excluding carboxylic acids is 1. The summed E-state index contributed by atoms with van der Waals surface area (Å²) in [6.07, 6.45) is 3.35. The number of amides is 2. The average Bonchev–Trinajstić information content (AvgIpc) is 3.03. The van der Waals surface area contributed by atoms with Crippen LogP contribution in [0.2, 0.25) is 0 Å². The van der Waals surface area contributed by atoms with Crippen molar-refractivity contribution in [1.82, 2.24) is 20.4 Å². The maximum absolute atomic E-state index is 11.9. The molecule has 0 saturated carbocycles. The molecule has 0 spiro atoms. The van der Waals surface area contributed by atoms with Crippen molar-refractivity contribution in [2.45, 2.75) is 44.8 Å². The Labute approximate surface area is 145 Å². The van der Waals surface area contributed by atoms with Crippen LogP contribution in [0.25, 0.3) is 0 Å². The van der Waals surface area contributed by atoms with Crippen LogP contribution >= 0.6 is 0 Å². The molecule has 5 heteroatoms. The lowest BCUT2D eigenvalue weighted by Gasteiger charge is -2.33. The molecule has 2 amide bonds. The number of nitrogens with zero attached hydrogens (tertiary/aromatic N) is 2. The average molecular weight is 330 g/mol. The summed E-state index contributed by atoms with van der Waals surface area (Å²) in [6, 6.07) is 12.0. The van der Waals surface area contributed by atoms with Gasteiger partial charge in [-0.25, -0.2) is 4.79 Å². The molecule has 0 radical (unpaired) electrons. The Balaban J connectivity index is 1.38. The number of piperidine rings is 1. The Bertz CT molecular complexity index is 513. The molecule has 2 saturated heterocycles. The molecular formula is C19H30N4O. The number of hydrogen-bond acceptors (Lipinski definition) is 3. The summed E-state index contributed by atoms with van der Waals surface area (Å²) in [4.78, 5) is 16.3. The van der Waals surface area contributed by atoms with Crippen molar-refractivity contribution < 1.29 is 4.79 Å². The van der Waals surface area contributed by atoms with Crippen molar-refractivity contribution in [2.75, 3.05) is 32.7 Å². The zero-order valence-corrected chi connectivity index (χ0v) is 14.7. The molecule has 2 aliphatic heterocycles. The fourth-order valence-electron chi connectivity index (χ4n) is 3.80. The third kappa shape index (κ3) is 4.71. The number of likely N-dealkylation sites (tertiary alicyclic amines) is 2. The van der Waals surface area contributed by atoms with Gasteiger partial charge in [-0.1, -0.05) is 30.3 Å². The highest BCUT2D eigenvalue weighted by atomic mass is 16.2. The van der Waals surface area contributed by atoms with Crippen LogP contribution in [0, 0.1) is 0 Å². The molecule has 1 atom stereocenters. The molecule has 24 heavy (non-hydrogen) atoms. The van der Waals surface area contributed by atoms with Gasteiger partial charge in [0.2, 0.25) is 0 Å². The molecule has 1 aromatic rings. The monoisotopic (exact) mass is 330 g/mol. The predicted octanol–water partition coefficient (Wildman–Crippen LogP) is 2.04. The molecule has 132 valence electrons. The van der Waals surface area contributed by atoms with Gasteiger partial charge in [-0.15, -0.1) is 0 Å².